The molecule has 5 nitrogen and oxygen atoms in total. The minimum atomic E-state index is 0.0403. The molecule has 1 N–H and O–H groups in total. The van der Waals surface area contributed by atoms with Gasteiger partial charge < -0.3 is 10.1 Å². The number of carbonyl (C=O) groups is 1. The number of ether oxygens (including phenoxy) is 1. The Hall–Kier alpha value is -1.79. The lowest BCUT2D eigenvalue weighted by Gasteiger charge is -2.12. The van der Waals surface area contributed by atoms with Crippen molar-refractivity contribution in [3.63, 3.8) is 0 Å². The van der Waals surface area contributed by atoms with E-state index in [1.807, 2.05) is 16.8 Å². The predicted molar refractivity (Wildman–Crippen MR) is 100 cm³/mol. The van der Waals surface area contributed by atoms with E-state index >= 15 is 0 Å². The molecule has 134 valence electrons. The summed E-state index contributed by atoms with van der Waals surface area (Å²) in [6.45, 7) is 5.74. The predicted octanol–water partition coefficient (Wildman–Crippen LogP) is 3.27. The van der Waals surface area contributed by atoms with Gasteiger partial charge in [0.05, 0.1) is 17.5 Å². The van der Waals surface area contributed by atoms with Gasteiger partial charge in [-0.2, -0.15) is 0 Å². The maximum atomic E-state index is 12.1. The van der Waals surface area contributed by atoms with Crippen molar-refractivity contribution in [2.75, 3.05) is 18.9 Å². The number of carbonyl (C=O) groups excluding carboxylic acids is 1. The average molecular weight is 359 g/mol. The smallest absolute Gasteiger partial charge is 0.230 e. The van der Waals surface area contributed by atoms with Gasteiger partial charge in [-0.1, -0.05) is 23.9 Å². The highest BCUT2D eigenvalue weighted by atomic mass is 32.2. The van der Waals surface area contributed by atoms with Gasteiger partial charge in [0.1, 0.15) is 0 Å². The number of amides is 1. The number of imidazole rings is 1. The van der Waals surface area contributed by atoms with Crippen LogP contribution >= 0.6 is 11.8 Å². The molecule has 2 heterocycles. The molecule has 1 aromatic carbocycles. The van der Waals surface area contributed by atoms with Crippen LogP contribution in [0.2, 0.25) is 0 Å². The van der Waals surface area contributed by atoms with Crippen molar-refractivity contribution in [3.05, 3.63) is 41.7 Å². The molecule has 0 spiro atoms. The molecule has 0 bridgehead atoms. The van der Waals surface area contributed by atoms with E-state index < -0.39 is 0 Å². The number of aryl methyl sites for hydroxylation is 1. The Balaban J connectivity index is 1.53. The van der Waals surface area contributed by atoms with Crippen molar-refractivity contribution in [2.24, 2.45) is 0 Å². The van der Waals surface area contributed by atoms with E-state index in [2.05, 4.69) is 36.3 Å². The third-order valence-corrected chi connectivity index (χ3v) is 5.55. The van der Waals surface area contributed by atoms with E-state index in [4.69, 9.17) is 4.74 Å². The Labute approximate surface area is 153 Å². The first-order valence-corrected chi connectivity index (χ1v) is 9.75. The molecular weight excluding hydrogens is 334 g/mol. The fourth-order valence-corrected chi connectivity index (χ4v) is 3.80. The quantitative estimate of drug-likeness (QED) is 0.771. The van der Waals surface area contributed by atoms with Gasteiger partial charge in [-0.3, -0.25) is 9.36 Å². The van der Waals surface area contributed by atoms with Gasteiger partial charge in [-0.25, -0.2) is 4.98 Å². The van der Waals surface area contributed by atoms with Crippen LogP contribution in [0.15, 0.2) is 35.7 Å². The summed E-state index contributed by atoms with van der Waals surface area (Å²) in [6, 6.07) is 6.23. The van der Waals surface area contributed by atoms with E-state index in [0.29, 0.717) is 18.4 Å². The number of nitrogens with zero attached hydrogens (tertiary/aromatic N) is 2. The van der Waals surface area contributed by atoms with Gasteiger partial charge in [0.25, 0.3) is 0 Å². The second kappa shape index (κ2) is 8.54. The van der Waals surface area contributed by atoms with Crippen LogP contribution in [-0.4, -0.2) is 40.5 Å². The van der Waals surface area contributed by atoms with Gasteiger partial charge in [-0.15, -0.1) is 0 Å². The zero-order valence-electron chi connectivity index (χ0n) is 14.8. The summed E-state index contributed by atoms with van der Waals surface area (Å²) in [5.41, 5.74) is 3.58. The molecule has 0 aliphatic carbocycles. The van der Waals surface area contributed by atoms with Crippen LogP contribution in [0.1, 0.15) is 30.4 Å². The number of hydrogen-bond donors (Lipinski definition) is 1. The zero-order valence-corrected chi connectivity index (χ0v) is 15.6. The number of nitrogens with one attached hydrogen (secondary N) is 1. The minimum absolute atomic E-state index is 0.0403. The van der Waals surface area contributed by atoms with Gasteiger partial charge in [0, 0.05) is 25.5 Å². The SMILES string of the molecule is Cc1cccc(-n2ccnc2SCC(=O)NCCC2CCCO2)c1C. The average Bonchev–Trinajstić information content (AvgIpc) is 3.27. The molecule has 1 unspecified atom stereocenters. The highest BCUT2D eigenvalue weighted by Gasteiger charge is 2.15. The molecule has 2 aromatic rings. The highest BCUT2D eigenvalue weighted by Crippen LogP contribution is 2.24. The lowest BCUT2D eigenvalue weighted by molar-refractivity contribution is -0.118. The molecular formula is C19H25N3O2S. The molecule has 1 amide bonds. The molecule has 3 rings (SSSR count). The summed E-state index contributed by atoms with van der Waals surface area (Å²) in [5, 5.41) is 3.81. The molecule has 25 heavy (non-hydrogen) atoms. The summed E-state index contributed by atoms with van der Waals surface area (Å²) in [4.78, 5) is 16.5. The Morgan fingerprint density at radius 2 is 2.32 bits per heavy atom. The van der Waals surface area contributed by atoms with Gasteiger partial charge in [0.15, 0.2) is 5.16 Å². The van der Waals surface area contributed by atoms with Crippen LogP contribution in [-0.2, 0) is 9.53 Å². The Morgan fingerprint density at radius 3 is 3.12 bits per heavy atom. The second-order valence-electron chi connectivity index (χ2n) is 6.36. The third kappa shape index (κ3) is 4.64. The maximum Gasteiger partial charge on any atom is 0.230 e. The van der Waals surface area contributed by atoms with Crippen molar-refractivity contribution in [3.8, 4) is 5.69 Å². The van der Waals surface area contributed by atoms with Gasteiger partial charge in [-0.05, 0) is 50.3 Å². The first-order valence-electron chi connectivity index (χ1n) is 8.76. The fraction of sp³-hybridized carbons (Fsp3) is 0.474. The molecule has 0 saturated carbocycles. The lowest BCUT2D eigenvalue weighted by atomic mass is 10.1. The standard InChI is InChI=1S/C19H25N3O2S/c1-14-5-3-7-17(15(14)2)22-11-10-21-19(22)25-13-18(23)20-9-8-16-6-4-12-24-16/h3,5,7,10-11,16H,4,6,8-9,12-13H2,1-2H3,(H,20,23). The molecule has 1 aliphatic heterocycles. The Morgan fingerprint density at radius 1 is 1.44 bits per heavy atom. The second-order valence-corrected chi connectivity index (χ2v) is 7.30. The van der Waals surface area contributed by atoms with Gasteiger partial charge >= 0.3 is 0 Å². The molecule has 1 atom stereocenters. The number of thioether (sulfide) groups is 1. The number of hydrogen-bond acceptors (Lipinski definition) is 4. The largest absolute Gasteiger partial charge is 0.378 e. The van der Waals surface area contributed by atoms with Crippen LogP contribution in [0.3, 0.4) is 0 Å². The minimum Gasteiger partial charge on any atom is -0.378 e. The van der Waals surface area contributed by atoms with E-state index in [1.165, 1.54) is 22.9 Å². The van der Waals surface area contributed by atoms with Crippen LogP contribution in [0.4, 0.5) is 0 Å². The fourth-order valence-electron chi connectivity index (χ4n) is 3.00. The van der Waals surface area contributed by atoms with Crippen molar-refractivity contribution in [1.82, 2.24) is 14.9 Å². The van der Waals surface area contributed by atoms with E-state index in [-0.39, 0.29) is 5.91 Å². The first kappa shape index (κ1) is 18.0. The van der Waals surface area contributed by atoms with Crippen molar-refractivity contribution < 1.29 is 9.53 Å². The Bertz CT molecular complexity index is 723. The zero-order chi connectivity index (χ0) is 17.6. The van der Waals surface area contributed by atoms with Gasteiger partial charge in [0.2, 0.25) is 5.91 Å². The summed E-state index contributed by atoms with van der Waals surface area (Å²) in [7, 11) is 0. The van der Waals surface area contributed by atoms with E-state index in [9.17, 15) is 4.79 Å². The maximum absolute atomic E-state index is 12.1. The molecule has 1 saturated heterocycles. The van der Waals surface area contributed by atoms with Crippen molar-refractivity contribution in [2.45, 2.75) is 44.4 Å². The van der Waals surface area contributed by atoms with Crippen LogP contribution < -0.4 is 5.32 Å². The monoisotopic (exact) mass is 359 g/mol. The van der Waals surface area contributed by atoms with E-state index in [0.717, 1.165) is 36.7 Å². The van der Waals surface area contributed by atoms with Crippen molar-refractivity contribution in [1.29, 1.82) is 0 Å². The summed E-state index contributed by atoms with van der Waals surface area (Å²) < 4.78 is 7.62. The van der Waals surface area contributed by atoms with E-state index in [1.54, 1.807) is 6.20 Å². The highest BCUT2D eigenvalue weighted by molar-refractivity contribution is 7.99. The summed E-state index contributed by atoms with van der Waals surface area (Å²) >= 11 is 1.46. The van der Waals surface area contributed by atoms with Crippen LogP contribution in [0.5, 0.6) is 0 Å². The number of benzene rings is 1. The Kier molecular flexibility index (Phi) is 6.15. The first-order chi connectivity index (χ1) is 12.1. The molecule has 0 radical (unpaired) electrons. The number of rotatable bonds is 7. The van der Waals surface area contributed by atoms with Crippen LogP contribution in [0, 0.1) is 13.8 Å². The third-order valence-electron chi connectivity index (χ3n) is 4.59. The number of aromatic nitrogens is 2. The summed E-state index contributed by atoms with van der Waals surface area (Å²) in [6.07, 6.45) is 7.18. The lowest BCUT2D eigenvalue weighted by Crippen LogP contribution is -2.28. The normalized spacial score (nSPS) is 17.0. The summed E-state index contributed by atoms with van der Waals surface area (Å²) in [5.74, 6) is 0.409. The topological polar surface area (TPSA) is 56.2 Å². The molecule has 1 aromatic heterocycles. The molecule has 6 heteroatoms. The molecule has 1 aliphatic rings. The van der Waals surface area contributed by atoms with Crippen molar-refractivity contribution >= 4 is 17.7 Å². The van der Waals surface area contributed by atoms with Crippen LogP contribution in [0.25, 0.3) is 5.69 Å². The molecule has 1 fully saturated rings.